The maximum absolute atomic E-state index is 12.1. The molecule has 1 aromatic rings. The largest absolute Gasteiger partial charge is 0.388 e. The smallest absolute Gasteiger partial charge is 0.251 e. The van der Waals surface area contributed by atoms with Crippen LogP contribution in [0.1, 0.15) is 22.3 Å². The molecule has 25 heavy (non-hydrogen) atoms. The van der Waals surface area contributed by atoms with E-state index >= 15 is 0 Å². The molecule has 1 aliphatic rings. The quantitative estimate of drug-likeness (QED) is 0.512. The zero-order chi connectivity index (χ0) is 18.4. The molecule has 4 atom stereocenters. The van der Waals surface area contributed by atoms with Gasteiger partial charge in [0.2, 0.25) is 5.91 Å². The molecule has 1 heterocycles. The number of aliphatic hydroxyl groups is 2. The Hall–Kier alpha value is -2.40. The topological polar surface area (TPSA) is 108 Å². The maximum Gasteiger partial charge on any atom is 0.251 e. The number of hydrogen-bond acceptors (Lipinski definition) is 5. The van der Waals surface area contributed by atoms with Gasteiger partial charge in [-0.1, -0.05) is 23.6 Å². The first kappa shape index (κ1) is 18.9. The van der Waals surface area contributed by atoms with Crippen LogP contribution in [0.25, 0.3) is 0 Å². The van der Waals surface area contributed by atoms with Crippen LogP contribution in [0.4, 0.5) is 0 Å². The zero-order valence-corrected chi connectivity index (χ0v) is 13.9. The standard InChI is InChI=1S/C18H22N2O5/c1-3-8-19-15(21)9-13-16(22)17(23)14(25-13)10-20-18(24)12-6-4-11(2)5-7-12/h1,4-7,13-14,16-17,22-23H,8-10H2,2H3,(H,19,21)(H,20,24)/t13-,14+,16-,17+/m0/s1. The van der Waals surface area contributed by atoms with Crippen molar-refractivity contribution in [1.82, 2.24) is 10.6 Å². The number of amides is 2. The summed E-state index contributed by atoms with van der Waals surface area (Å²) in [7, 11) is 0. The fourth-order valence-corrected chi connectivity index (χ4v) is 2.57. The normalized spacial score (nSPS) is 25.2. The fourth-order valence-electron chi connectivity index (χ4n) is 2.57. The Bertz CT molecular complexity index is 652. The number of hydrogen-bond donors (Lipinski definition) is 4. The molecule has 134 valence electrons. The van der Waals surface area contributed by atoms with E-state index in [1.54, 1.807) is 12.1 Å². The minimum atomic E-state index is -1.21. The summed E-state index contributed by atoms with van der Waals surface area (Å²) in [6.07, 6.45) is 0.882. The fraction of sp³-hybridized carbons (Fsp3) is 0.444. The number of terminal acetylenes is 1. The predicted octanol–water partition coefficient (Wildman–Crippen LogP) is -0.646. The third-order valence-corrected chi connectivity index (χ3v) is 4.01. The van der Waals surface area contributed by atoms with Crippen LogP contribution in [0.5, 0.6) is 0 Å². The average Bonchev–Trinajstić information content (AvgIpc) is 2.86. The van der Waals surface area contributed by atoms with Crippen LogP contribution < -0.4 is 10.6 Å². The number of carbonyl (C=O) groups is 2. The van der Waals surface area contributed by atoms with Crippen molar-refractivity contribution in [3.05, 3.63) is 35.4 Å². The molecule has 1 aliphatic heterocycles. The molecule has 2 rings (SSSR count). The number of rotatable bonds is 6. The highest BCUT2D eigenvalue weighted by Crippen LogP contribution is 2.23. The molecule has 4 N–H and O–H groups in total. The number of ether oxygens (including phenoxy) is 1. The Labute approximate surface area is 146 Å². The molecule has 0 aliphatic carbocycles. The van der Waals surface area contributed by atoms with E-state index in [0.717, 1.165) is 5.56 Å². The van der Waals surface area contributed by atoms with Gasteiger partial charge in [0.05, 0.1) is 19.1 Å². The predicted molar refractivity (Wildman–Crippen MR) is 90.6 cm³/mol. The van der Waals surface area contributed by atoms with Crippen LogP contribution >= 0.6 is 0 Å². The second-order valence-electron chi connectivity index (χ2n) is 5.96. The highest BCUT2D eigenvalue weighted by molar-refractivity contribution is 5.94. The molecule has 0 aromatic heterocycles. The van der Waals surface area contributed by atoms with Gasteiger partial charge in [-0.05, 0) is 19.1 Å². The first-order valence-corrected chi connectivity index (χ1v) is 7.99. The van der Waals surface area contributed by atoms with Gasteiger partial charge in [-0.25, -0.2) is 0 Å². The molecule has 0 spiro atoms. The highest BCUT2D eigenvalue weighted by atomic mass is 16.5. The van der Waals surface area contributed by atoms with Gasteiger partial charge in [0, 0.05) is 12.1 Å². The first-order chi connectivity index (χ1) is 11.9. The number of carbonyl (C=O) groups excluding carboxylic acids is 2. The van der Waals surface area contributed by atoms with Crippen LogP contribution in [-0.2, 0) is 9.53 Å². The van der Waals surface area contributed by atoms with E-state index in [4.69, 9.17) is 11.2 Å². The summed E-state index contributed by atoms with van der Waals surface area (Å²) in [5.41, 5.74) is 1.53. The van der Waals surface area contributed by atoms with Crippen molar-refractivity contribution in [2.75, 3.05) is 13.1 Å². The molecular weight excluding hydrogens is 324 g/mol. The molecule has 7 nitrogen and oxygen atoms in total. The molecular formula is C18H22N2O5. The van der Waals surface area contributed by atoms with E-state index in [0.29, 0.717) is 5.56 Å². The minimum absolute atomic E-state index is 0.0212. The van der Waals surface area contributed by atoms with Gasteiger partial charge < -0.3 is 25.6 Å². The molecule has 1 fully saturated rings. The summed E-state index contributed by atoms with van der Waals surface area (Å²) < 4.78 is 5.51. The van der Waals surface area contributed by atoms with Gasteiger partial charge in [-0.15, -0.1) is 6.42 Å². The van der Waals surface area contributed by atoms with Crippen LogP contribution in [-0.4, -0.2) is 59.5 Å². The number of aryl methyl sites for hydroxylation is 1. The van der Waals surface area contributed by atoms with Gasteiger partial charge in [-0.2, -0.15) is 0 Å². The Morgan fingerprint density at radius 3 is 2.44 bits per heavy atom. The van der Waals surface area contributed by atoms with E-state index in [2.05, 4.69) is 16.6 Å². The number of aliphatic hydroxyl groups excluding tert-OH is 2. The Morgan fingerprint density at radius 2 is 1.80 bits per heavy atom. The molecule has 0 bridgehead atoms. The van der Waals surface area contributed by atoms with E-state index in [1.807, 2.05) is 19.1 Å². The zero-order valence-electron chi connectivity index (χ0n) is 13.9. The van der Waals surface area contributed by atoms with Crippen molar-refractivity contribution >= 4 is 11.8 Å². The number of nitrogens with one attached hydrogen (secondary N) is 2. The van der Waals surface area contributed by atoms with E-state index in [9.17, 15) is 19.8 Å². The van der Waals surface area contributed by atoms with Gasteiger partial charge >= 0.3 is 0 Å². The van der Waals surface area contributed by atoms with Crippen LogP contribution in [0, 0.1) is 19.3 Å². The van der Waals surface area contributed by atoms with Crippen molar-refractivity contribution in [2.24, 2.45) is 0 Å². The van der Waals surface area contributed by atoms with Crippen molar-refractivity contribution in [3.8, 4) is 12.3 Å². The van der Waals surface area contributed by atoms with Gasteiger partial charge in [-0.3, -0.25) is 9.59 Å². The monoisotopic (exact) mass is 346 g/mol. The third-order valence-electron chi connectivity index (χ3n) is 4.01. The Morgan fingerprint density at radius 1 is 1.16 bits per heavy atom. The third kappa shape index (κ3) is 5.03. The van der Waals surface area contributed by atoms with Gasteiger partial charge in [0.1, 0.15) is 18.3 Å². The molecule has 1 aromatic carbocycles. The van der Waals surface area contributed by atoms with Gasteiger partial charge in [0.15, 0.2) is 0 Å². The second-order valence-corrected chi connectivity index (χ2v) is 5.96. The van der Waals surface area contributed by atoms with E-state index < -0.39 is 24.4 Å². The lowest BCUT2D eigenvalue weighted by Crippen LogP contribution is -2.40. The second kappa shape index (κ2) is 8.62. The van der Waals surface area contributed by atoms with E-state index in [1.165, 1.54) is 0 Å². The maximum atomic E-state index is 12.1. The van der Waals surface area contributed by atoms with Gasteiger partial charge in [0.25, 0.3) is 5.91 Å². The van der Waals surface area contributed by atoms with Crippen molar-refractivity contribution in [2.45, 2.75) is 37.8 Å². The Kier molecular flexibility index (Phi) is 6.53. The summed E-state index contributed by atoms with van der Waals surface area (Å²) >= 11 is 0. The summed E-state index contributed by atoms with van der Waals surface area (Å²) in [6, 6.07) is 7.04. The molecule has 2 amide bonds. The van der Waals surface area contributed by atoms with Crippen LogP contribution in [0.3, 0.4) is 0 Å². The lowest BCUT2D eigenvalue weighted by Gasteiger charge is -2.15. The van der Waals surface area contributed by atoms with Crippen molar-refractivity contribution in [1.29, 1.82) is 0 Å². The highest BCUT2D eigenvalue weighted by Gasteiger charge is 2.43. The minimum Gasteiger partial charge on any atom is -0.388 e. The molecule has 0 saturated carbocycles. The van der Waals surface area contributed by atoms with Crippen molar-refractivity contribution < 1.29 is 24.5 Å². The average molecular weight is 346 g/mol. The number of benzene rings is 1. The summed E-state index contributed by atoms with van der Waals surface area (Å²) in [4.78, 5) is 23.7. The summed E-state index contributed by atoms with van der Waals surface area (Å²) in [5, 5.41) is 25.2. The molecule has 0 unspecified atom stereocenters. The first-order valence-electron chi connectivity index (χ1n) is 7.99. The van der Waals surface area contributed by atoms with Crippen molar-refractivity contribution in [3.63, 3.8) is 0 Å². The molecule has 7 heteroatoms. The van der Waals surface area contributed by atoms with Crippen LogP contribution in [0.2, 0.25) is 0 Å². The Balaban J connectivity index is 1.86. The van der Waals surface area contributed by atoms with Crippen LogP contribution in [0.15, 0.2) is 24.3 Å². The molecule has 0 radical (unpaired) electrons. The lowest BCUT2D eigenvalue weighted by molar-refractivity contribution is -0.124. The summed E-state index contributed by atoms with van der Waals surface area (Å²) in [6.45, 7) is 2.03. The lowest BCUT2D eigenvalue weighted by atomic mass is 10.1. The SMILES string of the molecule is C#CCNC(=O)C[C@@H]1O[C@H](CNC(=O)c2ccc(C)cc2)[C@@H](O)[C@H]1O. The van der Waals surface area contributed by atoms with E-state index in [-0.39, 0.29) is 31.3 Å². The summed E-state index contributed by atoms with van der Waals surface area (Å²) in [5.74, 6) is 1.59. The molecule has 1 saturated heterocycles.